The number of carboxylic acid groups (broad SMARTS) is 1. The first kappa shape index (κ1) is 14.9. The summed E-state index contributed by atoms with van der Waals surface area (Å²) in [5.74, 6) is -1.21. The van der Waals surface area contributed by atoms with E-state index >= 15 is 0 Å². The van der Waals surface area contributed by atoms with Crippen LogP contribution in [0.3, 0.4) is 0 Å². The second-order valence-electron chi connectivity index (χ2n) is 4.61. The predicted molar refractivity (Wildman–Crippen MR) is 69.5 cm³/mol. The van der Waals surface area contributed by atoms with Gasteiger partial charge in [0.15, 0.2) is 9.84 Å². The molecule has 7 heteroatoms. The minimum absolute atomic E-state index is 0.0368. The molecule has 5 nitrogen and oxygen atoms in total. The van der Waals surface area contributed by atoms with Crippen LogP contribution in [0.1, 0.15) is 34.0 Å². The van der Waals surface area contributed by atoms with Crippen molar-refractivity contribution in [1.29, 1.82) is 0 Å². The number of hydrogen-bond donors (Lipinski definition) is 1. The van der Waals surface area contributed by atoms with Crippen LogP contribution in [-0.4, -0.2) is 38.5 Å². The lowest BCUT2D eigenvalue weighted by atomic mass is 9.96. The van der Waals surface area contributed by atoms with Gasteiger partial charge in [-0.15, -0.1) is 0 Å². The number of fused-ring (bicyclic) bond motifs is 1. The second kappa shape index (κ2) is 5.49. The molecule has 1 heterocycles. The Bertz CT molecular complexity index is 638. The number of halogens is 1. The van der Waals surface area contributed by atoms with E-state index in [1.54, 1.807) is 6.92 Å². The molecule has 1 atom stereocenters. The quantitative estimate of drug-likeness (QED) is 0.918. The average molecular weight is 302 g/mol. The van der Waals surface area contributed by atoms with Gasteiger partial charge in [0.05, 0.1) is 28.9 Å². The number of hydrogen-bond acceptors (Lipinski definition) is 4. The molecule has 0 aromatic heterocycles. The van der Waals surface area contributed by atoms with Crippen molar-refractivity contribution >= 4 is 15.8 Å². The smallest absolute Gasteiger partial charge is 0.335 e. The number of carboxylic acids is 1. The van der Waals surface area contributed by atoms with Crippen molar-refractivity contribution in [1.82, 2.24) is 0 Å². The van der Waals surface area contributed by atoms with Crippen LogP contribution in [0.4, 0.5) is 4.39 Å². The van der Waals surface area contributed by atoms with Crippen molar-refractivity contribution in [2.24, 2.45) is 0 Å². The van der Waals surface area contributed by atoms with E-state index in [1.165, 1.54) is 12.1 Å². The van der Waals surface area contributed by atoms with Gasteiger partial charge in [0.2, 0.25) is 0 Å². The van der Waals surface area contributed by atoms with Gasteiger partial charge in [-0.3, -0.25) is 0 Å². The van der Waals surface area contributed by atoms with Gasteiger partial charge >= 0.3 is 5.97 Å². The van der Waals surface area contributed by atoms with Crippen LogP contribution in [0.2, 0.25) is 0 Å². The van der Waals surface area contributed by atoms with Crippen molar-refractivity contribution in [3.05, 3.63) is 28.8 Å². The van der Waals surface area contributed by atoms with E-state index in [-0.39, 0.29) is 29.2 Å². The number of rotatable bonds is 4. The largest absolute Gasteiger partial charge is 0.478 e. The monoisotopic (exact) mass is 302 g/mol. The van der Waals surface area contributed by atoms with E-state index in [9.17, 15) is 17.6 Å². The van der Waals surface area contributed by atoms with Gasteiger partial charge in [-0.2, -0.15) is 0 Å². The van der Waals surface area contributed by atoms with E-state index in [4.69, 9.17) is 9.84 Å². The maximum atomic E-state index is 12.2. The summed E-state index contributed by atoms with van der Waals surface area (Å²) in [6.07, 6.45) is -0.372. The normalized spacial score (nSPS) is 20.4. The Hall–Kier alpha value is -1.47. The van der Waals surface area contributed by atoms with E-state index in [1.807, 2.05) is 0 Å². The highest BCUT2D eigenvalue weighted by Gasteiger charge is 2.33. The first-order valence-corrected chi connectivity index (χ1v) is 7.81. The van der Waals surface area contributed by atoms with E-state index in [2.05, 4.69) is 0 Å². The molecule has 1 aromatic rings. The molecule has 0 bridgehead atoms. The molecule has 2 rings (SSSR count). The van der Waals surface area contributed by atoms with E-state index < -0.39 is 28.6 Å². The van der Waals surface area contributed by atoms with Gasteiger partial charge in [-0.25, -0.2) is 17.6 Å². The molecule has 0 radical (unpaired) electrons. The predicted octanol–water partition coefficient (Wildman–Crippen LogP) is 1.90. The molecule has 1 aromatic carbocycles. The summed E-state index contributed by atoms with van der Waals surface area (Å²) in [5, 5.41) is 9.11. The van der Waals surface area contributed by atoms with Crippen LogP contribution in [0.25, 0.3) is 0 Å². The molecule has 20 heavy (non-hydrogen) atoms. The summed E-state index contributed by atoms with van der Waals surface area (Å²) in [6, 6.07) is 2.58. The fourth-order valence-corrected chi connectivity index (χ4v) is 4.12. The number of aromatic carboxylic acids is 1. The molecule has 1 aliphatic rings. The summed E-state index contributed by atoms with van der Waals surface area (Å²) < 4.78 is 41.7. The first-order valence-electron chi connectivity index (χ1n) is 6.15. The van der Waals surface area contributed by atoms with Gasteiger partial charge in [0.1, 0.15) is 6.67 Å². The van der Waals surface area contributed by atoms with Gasteiger partial charge in [0.25, 0.3) is 0 Å². The molecule has 1 aliphatic heterocycles. The van der Waals surface area contributed by atoms with Crippen molar-refractivity contribution in [3.63, 3.8) is 0 Å². The SMILES string of the molecule is Cc1c(C(=O)O)ccc2c1C(OCCF)CCS2(=O)=O. The van der Waals surface area contributed by atoms with Crippen LogP contribution in [-0.2, 0) is 14.6 Å². The number of benzene rings is 1. The lowest BCUT2D eigenvalue weighted by molar-refractivity contribution is 0.0379. The molecule has 0 aliphatic carbocycles. The zero-order chi connectivity index (χ0) is 14.9. The Morgan fingerprint density at radius 3 is 2.80 bits per heavy atom. The molecule has 0 fully saturated rings. The standard InChI is InChI=1S/C13H15FO5S/c1-8-9(13(15)16)2-3-11-12(8)10(19-6-5-14)4-7-20(11,17)18/h2-3,10H,4-7H2,1H3,(H,15,16). The highest BCUT2D eigenvalue weighted by atomic mass is 32.2. The molecule has 1 N–H and O–H groups in total. The van der Waals surface area contributed by atoms with Crippen molar-refractivity contribution in [2.45, 2.75) is 24.3 Å². The molecule has 0 saturated carbocycles. The lowest BCUT2D eigenvalue weighted by Gasteiger charge is -2.27. The van der Waals surface area contributed by atoms with Crippen LogP contribution in [0.5, 0.6) is 0 Å². The van der Waals surface area contributed by atoms with Gasteiger partial charge in [0, 0.05) is 5.56 Å². The zero-order valence-electron chi connectivity index (χ0n) is 10.9. The molecule has 0 spiro atoms. The molecular formula is C13H15FO5S. The summed E-state index contributed by atoms with van der Waals surface area (Å²) in [5.41, 5.74) is 0.751. The van der Waals surface area contributed by atoms with Crippen LogP contribution in [0.15, 0.2) is 17.0 Å². The maximum absolute atomic E-state index is 12.2. The fourth-order valence-electron chi connectivity index (χ4n) is 2.48. The second-order valence-corrected chi connectivity index (χ2v) is 6.69. The first-order chi connectivity index (χ1) is 9.38. The van der Waals surface area contributed by atoms with Crippen molar-refractivity contribution in [3.8, 4) is 0 Å². The minimum atomic E-state index is -3.43. The van der Waals surface area contributed by atoms with Crippen molar-refractivity contribution in [2.75, 3.05) is 19.0 Å². The van der Waals surface area contributed by atoms with E-state index in [0.717, 1.165) is 0 Å². The van der Waals surface area contributed by atoms with Crippen molar-refractivity contribution < 1.29 is 27.4 Å². The topological polar surface area (TPSA) is 80.7 Å². The summed E-state index contributed by atoms with van der Waals surface area (Å²) >= 11 is 0. The average Bonchev–Trinajstić information content (AvgIpc) is 2.38. The fraction of sp³-hybridized carbons (Fsp3) is 0.462. The van der Waals surface area contributed by atoms with Crippen LogP contribution < -0.4 is 0 Å². The maximum Gasteiger partial charge on any atom is 0.335 e. The van der Waals surface area contributed by atoms with E-state index in [0.29, 0.717) is 11.1 Å². The number of sulfone groups is 1. The van der Waals surface area contributed by atoms with Crippen LogP contribution in [0, 0.1) is 6.92 Å². The lowest BCUT2D eigenvalue weighted by Crippen LogP contribution is -2.24. The molecule has 1 unspecified atom stereocenters. The Morgan fingerprint density at radius 1 is 1.50 bits per heavy atom. The molecule has 110 valence electrons. The van der Waals surface area contributed by atoms with Gasteiger partial charge in [-0.1, -0.05) is 0 Å². The summed E-state index contributed by atoms with van der Waals surface area (Å²) in [6.45, 7) is 0.742. The molecule has 0 amide bonds. The Morgan fingerprint density at radius 2 is 2.20 bits per heavy atom. The zero-order valence-corrected chi connectivity index (χ0v) is 11.7. The Balaban J connectivity index is 2.60. The number of carbonyl (C=O) groups is 1. The Labute approximate surface area is 116 Å². The van der Waals surface area contributed by atoms with Crippen LogP contribution >= 0.6 is 0 Å². The highest BCUT2D eigenvalue weighted by Crippen LogP contribution is 2.37. The third-order valence-corrected chi connectivity index (χ3v) is 5.21. The summed E-state index contributed by atoms with van der Waals surface area (Å²) in [4.78, 5) is 11.2. The highest BCUT2D eigenvalue weighted by molar-refractivity contribution is 7.91. The third-order valence-electron chi connectivity index (χ3n) is 3.41. The molecule has 0 saturated heterocycles. The Kier molecular flexibility index (Phi) is 4.10. The summed E-state index contributed by atoms with van der Waals surface area (Å²) in [7, 11) is -3.43. The number of alkyl halides is 1. The number of ether oxygens (including phenoxy) is 1. The van der Waals surface area contributed by atoms with Gasteiger partial charge < -0.3 is 9.84 Å². The van der Waals surface area contributed by atoms with Gasteiger partial charge in [-0.05, 0) is 31.0 Å². The molecular weight excluding hydrogens is 287 g/mol. The minimum Gasteiger partial charge on any atom is -0.478 e. The third kappa shape index (κ3) is 2.55.